The average Bonchev–Trinajstić information content (AvgIpc) is 2.63. The summed E-state index contributed by atoms with van der Waals surface area (Å²) in [6, 6.07) is 0. The van der Waals surface area contributed by atoms with Crippen LogP contribution in [0.15, 0.2) is 11.3 Å². The summed E-state index contributed by atoms with van der Waals surface area (Å²) in [6.07, 6.45) is 5.27. The van der Waals surface area contributed by atoms with Crippen LogP contribution in [0.25, 0.3) is 0 Å². The predicted octanol–water partition coefficient (Wildman–Crippen LogP) is 2.97. The molecule has 2 saturated carbocycles. The lowest BCUT2D eigenvalue weighted by Gasteiger charge is -2.17. The lowest BCUT2D eigenvalue weighted by molar-refractivity contribution is 0.258. The fraction of sp³-hybridized carbons (Fsp3) is 0.833. The number of hydrogen-bond acceptors (Lipinski definition) is 1. The molecule has 1 nitrogen and oxygen atoms in total. The number of rotatable bonds is 2. The molecule has 0 amide bonds. The van der Waals surface area contributed by atoms with Gasteiger partial charge in [-0.1, -0.05) is 30.9 Å². The molecular weight excluding hydrogens is 188 g/mol. The molecule has 0 aliphatic heterocycles. The van der Waals surface area contributed by atoms with Crippen molar-refractivity contribution in [3.8, 4) is 0 Å². The van der Waals surface area contributed by atoms with Gasteiger partial charge < -0.3 is 5.11 Å². The SMILES string of the molecule is C[Si](C)(C)/C=C1\CCC[C@]12C[C@@H]2CO. The second kappa shape index (κ2) is 3.21. The Kier molecular flexibility index (Phi) is 2.39. The van der Waals surface area contributed by atoms with E-state index >= 15 is 0 Å². The lowest BCUT2D eigenvalue weighted by atomic mass is 9.98. The highest BCUT2D eigenvalue weighted by molar-refractivity contribution is 6.81. The van der Waals surface area contributed by atoms with E-state index in [2.05, 4.69) is 25.3 Å². The molecular formula is C12H22OSi. The molecule has 2 heteroatoms. The van der Waals surface area contributed by atoms with E-state index in [4.69, 9.17) is 0 Å². The molecule has 0 bridgehead atoms. The van der Waals surface area contributed by atoms with Crippen LogP contribution >= 0.6 is 0 Å². The zero-order valence-electron chi connectivity index (χ0n) is 9.64. The van der Waals surface area contributed by atoms with E-state index in [1.165, 1.54) is 25.7 Å². The van der Waals surface area contributed by atoms with E-state index in [9.17, 15) is 5.11 Å². The fourth-order valence-corrected chi connectivity index (χ4v) is 4.54. The van der Waals surface area contributed by atoms with Gasteiger partial charge in [-0.25, -0.2) is 0 Å². The van der Waals surface area contributed by atoms with Crippen LogP contribution < -0.4 is 0 Å². The van der Waals surface area contributed by atoms with Gasteiger partial charge in [0.05, 0.1) is 8.07 Å². The Balaban J connectivity index is 2.17. The third kappa shape index (κ3) is 1.70. The standard InChI is InChI=1S/C12H22OSi/c1-14(2,3)9-10-5-4-6-12(10)7-11(12)8-13/h9,11,13H,4-8H2,1-3H3/b10-9+/t11-,12+/m1/s1. The van der Waals surface area contributed by atoms with Crippen molar-refractivity contribution in [3.63, 3.8) is 0 Å². The summed E-state index contributed by atoms with van der Waals surface area (Å²) in [5, 5.41) is 9.23. The van der Waals surface area contributed by atoms with E-state index in [1.54, 1.807) is 5.57 Å². The van der Waals surface area contributed by atoms with Gasteiger partial charge in [0.2, 0.25) is 0 Å². The zero-order valence-corrected chi connectivity index (χ0v) is 10.6. The molecule has 80 valence electrons. The van der Waals surface area contributed by atoms with Crippen LogP contribution in [0.1, 0.15) is 25.7 Å². The second-order valence-electron chi connectivity index (χ2n) is 6.13. The molecule has 2 atom stereocenters. The first-order valence-electron chi connectivity index (χ1n) is 5.81. The van der Waals surface area contributed by atoms with Gasteiger partial charge in [0.15, 0.2) is 0 Å². The number of aliphatic hydroxyl groups excluding tert-OH is 1. The Morgan fingerprint density at radius 1 is 1.50 bits per heavy atom. The maximum Gasteiger partial charge on any atom is 0.0686 e. The molecule has 1 N–H and O–H groups in total. The molecule has 2 fully saturated rings. The van der Waals surface area contributed by atoms with Gasteiger partial charge in [0.1, 0.15) is 0 Å². The first-order valence-corrected chi connectivity index (χ1v) is 9.39. The maximum absolute atomic E-state index is 9.23. The van der Waals surface area contributed by atoms with Gasteiger partial charge in [-0.05, 0) is 37.0 Å². The van der Waals surface area contributed by atoms with E-state index < -0.39 is 8.07 Å². The van der Waals surface area contributed by atoms with Crippen molar-refractivity contribution in [1.29, 1.82) is 0 Å². The van der Waals surface area contributed by atoms with Crippen molar-refractivity contribution < 1.29 is 5.11 Å². The van der Waals surface area contributed by atoms with E-state index in [1.807, 2.05) is 0 Å². The molecule has 2 aliphatic carbocycles. The highest BCUT2D eigenvalue weighted by Crippen LogP contribution is 2.65. The van der Waals surface area contributed by atoms with E-state index in [0.717, 1.165) is 0 Å². The summed E-state index contributed by atoms with van der Waals surface area (Å²) in [4.78, 5) is 0. The normalized spacial score (nSPS) is 39.7. The summed E-state index contributed by atoms with van der Waals surface area (Å²) in [7, 11) is -1.06. The number of hydrogen-bond donors (Lipinski definition) is 1. The van der Waals surface area contributed by atoms with Crippen molar-refractivity contribution in [2.75, 3.05) is 6.61 Å². The minimum atomic E-state index is -1.06. The van der Waals surface area contributed by atoms with Gasteiger partial charge in [-0.3, -0.25) is 0 Å². The van der Waals surface area contributed by atoms with E-state index in [-0.39, 0.29) is 0 Å². The Hall–Kier alpha value is -0.0831. The summed E-state index contributed by atoms with van der Waals surface area (Å²) in [6.45, 7) is 7.62. The van der Waals surface area contributed by atoms with Gasteiger partial charge in [-0.15, -0.1) is 0 Å². The summed E-state index contributed by atoms with van der Waals surface area (Å²) in [5.74, 6) is 0.604. The molecule has 14 heavy (non-hydrogen) atoms. The molecule has 0 saturated heterocycles. The molecule has 0 aromatic rings. The molecule has 0 radical (unpaired) electrons. The van der Waals surface area contributed by atoms with Gasteiger partial charge in [-0.2, -0.15) is 0 Å². The molecule has 1 spiro atoms. The fourth-order valence-electron chi connectivity index (χ4n) is 3.06. The lowest BCUT2D eigenvalue weighted by Crippen LogP contribution is -2.18. The Bertz CT molecular complexity index is 264. The Morgan fingerprint density at radius 2 is 2.21 bits per heavy atom. The van der Waals surface area contributed by atoms with Gasteiger partial charge in [0, 0.05) is 6.61 Å². The van der Waals surface area contributed by atoms with Crippen LogP contribution in [0, 0.1) is 11.3 Å². The van der Waals surface area contributed by atoms with Crippen LogP contribution in [0.2, 0.25) is 19.6 Å². The topological polar surface area (TPSA) is 20.2 Å². The van der Waals surface area contributed by atoms with Crippen molar-refractivity contribution in [2.45, 2.75) is 45.3 Å². The summed E-state index contributed by atoms with van der Waals surface area (Å²) in [5.41, 5.74) is 4.78. The molecule has 0 unspecified atom stereocenters. The third-order valence-corrected chi connectivity index (χ3v) is 4.98. The van der Waals surface area contributed by atoms with Crippen molar-refractivity contribution >= 4 is 8.07 Å². The van der Waals surface area contributed by atoms with Crippen LogP contribution in [-0.2, 0) is 0 Å². The summed E-state index contributed by atoms with van der Waals surface area (Å²) < 4.78 is 0. The van der Waals surface area contributed by atoms with E-state index in [0.29, 0.717) is 17.9 Å². The zero-order chi connectivity index (χ0) is 10.4. The Morgan fingerprint density at radius 3 is 2.71 bits per heavy atom. The quantitative estimate of drug-likeness (QED) is 0.695. The monoisotopic (exact) mass is 210 g/mol. The average molecular weight is 210 g/mol. The molecule has 2 rings (SSSR count). The smallest absolute Gasteiger partial charge is 0.0686 e. The molecule has 0 aromatic carbocycles. The van der Waals surface area contributed by atoms with Crippen molar-refractivity contribution in [3.05, 3.63) is 11.3 Å². The summed E-state index contributed by atoms with van der Waals surface area (Å²) >= 11 is 0. The van der Waals surface area contributed by atoms with Crippen LogP contribution in [0.3, 0.4) is 0 Å². The number of aliphatic hydroxyl groups is 1. The molecule has 0 heterocycles. The minimum Gasteiger partial charge on any atom is -0.396 e. The first kappa shape index (κ1) is 10.4. The van der Waals surface area contributed by atoms with Crippen molar-refractivity contribution in [2.24, 2.45) is 11.3 Å². The minimum absolute atomic E-state index is 0.406. The Labute approximate surface area is 88.2 Å². The third-order valence-electron chi connectivity index (χ3n) is 3.77. The van der Waals surface area contributed by atoms with Crippen LogP contribution in [0.4, 0.5) is 0 Å². The first-order chi connectivity index (χ1) is 6.48. The van der Waals surface area contributed by atoms with Gasteiger partial charge >= 0.3 is 0 Å². The number of allylic oxidation sites excluding steroid dienone is 1. The van der Waals surface area contributed by atoms with Crippen LogP contribution in [-0.4, -0.2) is 19.8 Å². The van der Waals surface area contributed by atoms with Crippen LogP contribution in [0.5, 0.6) is 0 Å². The largest absolute Gasteiger partial charge is 0.396 e. The second-order valence-corrected chi connectivity index (χ2v) is 11.1. The van der Waals surface area contributed by atoms with Gasteiger partial charge in [0.25, 0.3) is 0 Å². The maximum atomic E-state index is 9.23. The predicted molar refractivity (Wildman–Crippen MR) is 62.9 cm³/mol. The highest BCUT2D eigenvalue weighted by Gasteiger charge is 2.57. The molecule has 0 aromatic heterocycles. The highest BCUT2D eigenvalue weighted by atomic mass is 28.3. The molecule has 2 aliphatic rings. The van der Waals surface area contributed by atoms with Crippen molar-refractivity contribution in [1.82, 2.24) is 0 Å².